The summed E-state index contributed by atoms with van der Waals surface area (Å²) < 4.78 is 31.1. The summed E-state index contributed by atoms with van der Waals surface area (Å²) in [7, 11) is 1.44. The second-order valence-corrected chi connectivity index (χ2v) is 3.30. The van der Waals surface area contributed by atoms with Crippen LogP contribution in [0.2, 0.25) is 0 Å². The number of methoxy groups -OCH3 is 1. The number of nitrogens with two attached hydrogens (primary N) is 1. The van der Waals surface area contributed by atoms with Gasteiger partial charge < -0.3 is 20.9 Å². The lowest BCUT2D eigenvalue weighted by Crippen LogP contribution is -2.29. The first kappa shape index (κ1) is 12.7. The number of benzene rings is 1. The Kier molecular flexibility index (Phi) is 4.45. The first-order valence-electron chi connectivity index (χ1n) is 4.70. The van der Waals surface area contributed by atoms with Crippen LogP contribution >= 0.6 is 0 Å². The number of nitrogens with one attached hydrogen (secondary N) is 1. The van der Waals surface area contributed by atoms with E-state index in [1.165, 1.54) is 13.2 Å². The average molecular weight is 232 g/mol. The average Bonchev–Trinajstić information content (AvgIpc) is 2.28. The van der Waals surface area contributed by atoms with Gasteiger partial charge in [0.1, 0.15) is 0 Å². The molecule has 0 saturated heterocycles. The highest BCUT2D eigenvalue weighted by Crippen LogP contribution is 2.25. The van der Waals surface area contributed by atoms with Crippen LogP contribution in [-0.4, -0.2) is 31.5 Å². The monoisotopic (exact) mass is 232 g/mol. The van der Waals surface area contributed by atoms with Gasteiger partial charge in [0.15, 0.2) is 11.6 Å². The fourth-order valence-electron chi connectivity index (χ4n) is 1.26. The Hall–Kier alpha value is -1.40. The summed E-state index contributed by atoms with van der Waals surface area (Å²) in [6, 6.07) is 1.66. The van der Waals surface area contributed by atoms with Gasteiger partial charge in [-0.25, -0.2) is 8.78 Å². The molecule has 0 saturated carbocycles. The van der Waals surface area contributed by atoms with E-state index >= 15 is 0 Å². The van der Waals surface area contributed by atoms with Crippen LogP contribution < -0.4 is 11.1 Å². The van der Waals surface area contributed by atoms with Crippen molar-refractivity contribution in [3.8, 4) is 0 Å². The molecule has 16 heavy (non-hydrogen) atoms. The lowest BCUT2D eigenvalue weighted by atomic mass is 10.2. The largest absolute Gasteiger partial charge is 0.397 e. The number of nitrogen functional groups attached to an aromatic ring is 1. The van der Waals surface area contributed by atoms with Gasteiger partial charge in [0, 0.05) is 7.11 Å². The van der Waals surface area contributed by atoms with Gasteiger partial charge in [-0.15, -0.1) is 0 Å². The molecule has 0 aliphatic carbocycles. The number of aliphatic hydroxyl groups excluding tert-OH is 1. The van der Waals surface area contributed by atoms with Crippen molar-refractivity contribution >= 4 is 11.4 Å². The first-order chi connectivity index (χ1) is 7.60. The number of anilines is 2. The lowest BCUT2D eigenvalue weighted by molar-refractivity contribution is 0.153. The third-order valence-electron chi connectivity index (χ3n) is 2.06. The van der Waals surface area contributed by atoms with Crippen molar-refractivity contribution in [2.45, 2.75) is 6.04 Å². The second-order valence-electron chi connectivity index (χ2n) is 3.30. The zero-order valence-corrected chi connectivity index (χ0v) is 8.84. The number of ether oxygens (including phenoxy) is 1. The molecular weight excluding hydrogens is 218 g/mol. The predicted molar refractivity (Wildman–Crippen MR) is 57.1 cm³/mol. The molecule has 0 heterocycles. The van der Waals surface area contributed by atoms with Crippen molar-refractivity contribution in [2.75, 3.05) is 31.4 Å². The van der Waals surface area contributed by atoms with Crippen LogP contribution in [0.25, 0.3) is 0 Å². The molecule has 0 aliphatic heterocycles. The molecular formula is C10H14F2N2O2. The number of aliphatic hydroxyl groups is 1. The molecule has 1 aromatic rings. The lowest BCUT2D eigenvalue weighted by Gasteiger charge is -2.18. The Morgan fingerprint density at radius 1 is 1.50 bits per heavy atom. The Labute approximate surface area is 92.0 Å². The molecule has 0 radical (unpaired) electrons. The molecule has 4 N–H and O–H groups in total. The molecule has 0 fully saturated rings. The highest BCUT2D eigenvalue weighted by molar-refractivity contribution is 5.67. The molecule has 0 aromatic heterocycles. The number of rotatable bonds is 5. The smallest absolute Gasteiger partial charge is 0.183 e. The van der Waals surface area contributed by atoms with Crippen LogP contribution in [0.5, 0.6) is 0 Å². The van der Waals surface area contributed by atoms with Crippen molar-refractivity contribution in [3.63, 3.8) is 0 Å². The van der Waals surface area contributed by atoms with E-state index in [1.54, 1.807) is 0 Å². The van der Waals surface area contributed by atoms with E-state index in [0.29, 0.717) is 0 Å². The highest BCUT2D eigenvalue weighted by Gasteiger charge is 2.15. The zero-order chi connectivity index (χ0) is 12.1. The quantitative estimate of drug-likeness (QED) is 0.662. The van der Waals surface area contributed by atoms with E-state index in [9.17, 15) is 8.78 Å². The summed E-state index contributed by atoms with van der Waals surface area (Å²) in [5.41, 5.74) is 5.42. The molecule has 1 aromatic carbocycles. The normalized spacial score (nSPS) is 12.5. The summed E-state index contributed by atoms with van der Waals surface area (Å²) in [5, 5.41) is 11.6. The van der Waals surface area contributed by atoms with Crippen LogP contribution in [0.1, 0.15) is 0 Å². The van der Waals surface area contributed by atoms with Gasteiger partial charge in [0.2, 0.25) is 0 Å². The van der Waals surface area contributed by atoms with Crippen molar-refractivity contribution in [1.29, 1.82) is 0 Å². The maximum Gasteiger partial charge on any atom is 0.183 e. The molecule has 0 bridgehead atoms. The van der Waals surface area contributed by atoms with Gasteiger partial charge in [-0.2, -0.15) is 0 Å². The minimum Gasteiger partial charge on any atom is -0.397 e. The van der Waals surface area contributed by atoms with Crippen LogP contribution in [0.3, 0.4) is 0 Å². The zero-order valence-electron chi connectivity index (χ0n) is 8.84. The van der Waals surface area contributed by atoms with Gasteiger partial charge in [-0.1, -0.05) is 0 Å². The molecule has 0 aliphatic rings. The van der Waals surface area contributed by atoms with Gasteiger partial charge in [-0.05, 0) is 12.1 Å². The minimum atomic E-state index is -1.06. The molecule has 90 valence electrons. The van der Waals surface area contributed by atoms with Crippen molar-refractivity contribution in [2.24, 2.45) is 0 Å². The summed E-state index contributed by atoms with van der Waals surface area (Å²) in [6.45, 7) is -0.116. The van der Waals surface area contributed by atoms with Gasteiger partial charge in [0.05, 0.1) is 30.6 Å². The molecule has 0 amide bonds. The van der Waals surface area contributed by atoms with Crippen LogP contribution in [0, 0.1) is 11.6 Å². The second kappa shape index (κ2) is 5.62. The molecule has 1 rings (SSSR count). The number of hydrogen-bond donors (Lipinski definition) is 3. The van der Waals surface area contributed by atoms with E-state index < -0.39 is 17.7 Å². The fraction of sp³-hybridized carbons (Fsp3) is 0.400. The highest BCUT2D eigenvalue weighted by atomic mass is 19.2. The van der Waals surface area contributed by atoms with E-state index in [2.05, 4.69) is 5.32 Å². The Morgan fingerprint density at radius 2 is 2.19 bits per heavy atom. The third-order valence-corrected chi connectivity index (χ3v) is 2.06. The summed E-state index contributed by atoms with van der Waals surface area (Å²) in [5.74, 6) is -2.06. The van der Waals surface area contributed by atoms with Crippen molar-refractivity contribution in [1.82, 2.24) is 0 Å². The van der Waals surface area contributed by atoms with Crippen LogP contribution in [-0.2, 0) is 4.74 Å². The fourth-order valence-corrected chi connectivity index (χ4v) is 1.26. The third kappa shape index (κ3) is 2.80. The Balaban J connectivity index is 2.90. The summed E-state index contributed by atoms with van der Waals surface area (Å²) in [4.78, 5) is 0. The molecule has 4 nitrogen and oxygen atoms in total. The molecule has 0 spiro atoms. The maximum atomic E-state index is 13.4. The number of halogens is 2. The topological polar surface area (TPSA) is 67.5 Å². The van der Waals surface area contributed by atoms with Crippen molar-refractivity contribution in [3.05, 3.63) is 23.8 Å². The summed E-state index contributed by atoms with van der Waals surface area (Å²) >= 11 is 0. The maximum absolute atomic E-state index is 13.4. The van der Waals surface area contributed by atoms with Crippen LogP contribution in [0.15, 0.2) is 12.1 Å². The van der Waals surface area contributed by atoms with Crippen LogP contribution in [0.4, 0.5) is 20.2 Å². The van der Waals surface area contributed by atoms with E-state index in [4.69, 9.17) is 15.6 Å². The SMILES string of the molecule is COCC(CO)Nc1c(N)ccc(F)c1F. The molecule has 1 atom stereocenters. The van der Waals surface area contributed by atoms with E-state index in [-0.39, 0.29) is 24.6 Å². The molecule has 6 heteroatoms. The summed E-state index contributed by atoms with van der Waals surface area (Å²) in [6.07, 6.45) is 0. The predicted octanol–water partition coefficient (Wildman–Crippen LogP) is 0.966. The Bertz CT molecular complexity index is 361. The van der Waals surface area contributed by atoms with Gasteiger partial charge in [-0.3, -0.25) is 0 Å². The minimum absolute atomic E-state index is 0.0773. The van der Waals surface area contributed by atoms with Gasteiger partial charge >= 0.3 is 0 Å². The van der Waals surface area contributed by atoms with Crippen molar-refractivity contribution < 1.29 is 18.6 Å². The van der Waals surface area contributed by atoms with E-state index in [0.717, 1.165) is 6.07 Å². The first-order valence-corrected chi connectivity index (χ1v) is 4.70. The Morgan fingerprint density at radius 3 is 2.75 bits per heavy atom. The van der Waals surface area contributed by atoms with Gasteiger partial charge in [0.25, 0.3) is 0 Å². The number of hydrogen-bond acceptors (Lipinski definition) is 4. The van der Waals surface area contributed by atoms with E-state index in [1.807, 2.05) is 0 Å². The standard InChI is InChI=1S/C10H14F2N2O2/c1-16-5-6(4-15)14-10-8(13)3-2-7(11)9(10)12/h2-3,6,14-15H,4-5,13H2,1H3. The molecule has 1 unspecified atom stereocenters.